The highest BCUT2D eigenvalue weighted by molar-refractivity contribution is 7.92. The van der Waals surface area contributed by atoms with Crippen molar-refractivity contribution in [1.29, 1.82) is 0 Å². The van der Waals surface area contributed by atoms with Crippen molar-refractivity contribution in [3.05, 3.63) is 66.0 Å². The van der Waals surface area contributed by atoms with Gasteiger partial charge in [0.2, 0.25) is 21.8 Å². The van der Waals surface area contributed by atoms with Crippen LogP contribution in [0.3, 0.4) is 0 Å². The smallest absolute Gasteiger partial charge is 0.243 e. The highest BCUT2D eigenvalue weighted by Crippen LogP contribution is 2.23. The van der Waals surface area contributed by atoms with Gasteiger partial charge in [0.1, 0.15) is 11.9 Å². The Bertz CT molecular complexity index is 1150. The maximum absolute atomic E-state index is 14.4. The number of sulfonamides is 1. The summed E-state index contributed by atoms with van der Waals surface area (Å²) in [5, 5.41) is 3.16. The van der Waals surface area contributed by atoms with E-state index in [0.29, 0.717) is 19.4 Å². The standard InChI is InChI=1S/C29H40FN3O4S/c1-3-26(29(35)31-24-15-8-5-9-16-24)32(22-20-23-13-6-4-7-14-23)28(34)19-12-21-33(38(2,36)37)27-18-11-10-17-25(27)30/h4,6-7,10-11,13-14,17-18,24,26H,3,5,8-9,12,15-16,19-22H2,1-2H3,(H,31,35). The van der Waals surface area contributed by atoms with E-state index in [-0.39, 0.29) is 42.9 Å². The van der Waals surface area contributed by atoms with E-state index >= 15 is 0 Å². The summed E-state index contributed by atoms with van der Waals surface area (Å²) >= 11 is 0. The number of nitrogens with one attached hydrogen (secondary N) is 1. The van der Waals surface area contributed by atoms with Crippen molar-refractivity contribution in [2.24, 2.45) is 0 Å². The van der Waals surface area contributed by atoms with Crippen LogP contribution in [0, 0.1) is 5.82 Å². The van der Waals surface area contributed by atoms with Gasteiger partial charge < -0.3 is 10.2 Å². The quantitative estimate of drug-likeness (QED) is 0.396. The van der Waals surface area contributed by atoms with Crippen LogP contribution in [-0.2, 0) is 26.0 Å². The first-order chi connectivity index (χ1) is 18.2. The number of rotatable bonds is 13. The topological polar surface area (TPSA) is 86.8 Å². The molecule has 0 saturated heterocycles. The van der Waals surface area contributed by atoms with Gasteiger partial charge >= 0.3 is 0 Å². The van der Waals surface area contributed by atoms with Gasteiger partial charge in [0.15, 0.2) is 0 Å². The molecule has 0 aromatic heterocycles. The molecule has 1 atom stereocenters. The Morgan fingerprint density at radius 2 is 1.66 bits per heavy atom. The maximum Gasteiger partial charge on any atom is 0.243 e. The van der Waals surface area contributed by atoms with Crippen LogP contribution in [0.5, 0.6) is 0 Å². The number of para-hydroxylation sites is 1. The number of nitrogens with zero attached hydrogens (tertiary/aromatic N) is 2. The minimum absolute atomic E-state index is 0.0386. The number of hydrogen-bond donors (Lipinski definition) is 1. The molecule has 1 aliphatic carbocycles. The van der Waals surface area contributed by atoms with Crippen LogP contribution in [0.2, 0.25) is 0 Å². The summed E-state index contributed by atoms with van der Waals surface area (Å²) in [6.45, 7) is 2.24. The lowest BCUT2D eigenvalue weighted by molar-refractivity contribution is -0.141. The zero-order valence-corrected chi connectivity index (χ0v) is 23.3. The number of carbonyl (C=O) groups excluding carboxylic acids is 2. The predicted octanol–water partition coefficient (Wildman–Crippen LogP) is 4.67. The monoisotopic (exact) mass is 545 g/mol. The van der Waals surface area contributed by atoms with Gasteiger partial charge in [0, 0.05) is 25.6 Å². The summed E-state index contributed by atoms with van der Waals surface area (Å²) in [7, 11) is -3.75. The van der Waals surface area contributed by atoms with E-state index in [0.717, 1.165) is 41.8 Å². The third kappa shape index (κ3) is 8.55. The van der Waals surface area contributed by atoms with Gasteiger partial charge in [0.05, 0.1) is 11.9 Å². The van der Waals surface area contributed by atoms with Gasteiger partial charge in [-0.3, -0.25) is 13.9 Å². The Morgan fingerprint density at radius 3 is 2.29 bits per heavy atom. The number of benzene rings is 2. The molecule has 1 aliphatic rings. The fraction of sp³-hybridized carbons (Fsp3) is 0.517. The Morgan fingerprint density at radius 1 is 1.00 bits per heavy atom. The number of amides is 2. The van der Waals surface area contributed by atoms with E-state index in [1.54, 1.807) is 11.0 Å². The molecule has 38 heavy (non-hydrogen) atoms. The minimum Gasteiger partial charge on any atom is -0.352 e. The number of carbonyl (C=O) groups is 2. The third-order valence-corrected chi connectivity index (χ3v) is 8.27. The first-order valence-corrected chi connectivity index (χ1v) is 15.4. The summed E-state index contributed by atoms with van der Waals surface area (Å²) in [5.74, 6) is -0.988. The van der Waals surface area contributed by atoms with Gasteiger partial charge in [-0.05, 0) is 49.8 Å². The lowest BCUT2D eigenvalue weighted by Gasteiger charge is -2.33. The highest BCUT2D eigenvalue weighted by atomic mass is 32.2. The Hall–Kier alpha value is -2.94. The van der Waals surface area contributed by atoms with Crippen molar-refractivity contribution in [1.82, 2.24) is 10.2 Å². The molecule has 2 aromatic carbocycles. The molecule has 1 N–H and O–H groups in total. The highest BCUT2D eigenvalue weighted by Gasteiger charge is 2.30. The Balaban J connectivity index is 1.72. The molecule has 1 fully saturated rings. The Labute approximate surface area is 226 Å². The predicted molar refractivity (Wildman–Crippen MR) is 149 cm³/mol. The molecule has 1 unspecified atom stereocenters. The molecule has 3 rings (SSSR count). The molecule has 9 heteroatoms. The van der Waals surface area contributed by atoms with Crippen LogP contribution < -0.4 is 9.62 Å². The summed E-state index contributed by atoms with van der Waals surface area (Å²) in [6.07, 6.45) is 7.63. The van der Waals surface area contributed by atoms with Gasteiger partial charge in [0.25, 0.3) is 0 Å². The van der Waals surface area contributed by atoms with E-state index in [1.807, 2.05) is 37.3 Å². The molecule has 0 spiro atoms. The molecular weight excluding hydrogens is 505 g/mol. The second kappa shape index (κ2) is 14.3. The SMILES string of the molecule is CCC(C(=O)NC1CCCCC1)N(CCc1ccccc1)C(=O)CCCN(c1ccccc1F)S(C)(=O)=O. The van der Waals surface area contributed by atoms with E-state index in [1.165, 1.54) is 24.6 Å². The van der Waals surface area contributed by atoms with Gasteiger partial charge in [-0.2, -0.15) is 0 Å². The molecule has 7 nitrogen and oxygen atoms in total. The fourth-order valence-corrected chi connectivity index (χ4v) is 6.04. The molecule has 1 saturated carbocycles. The zero-order valence-electron chi connectivity index (χ0n) is 22.4. The van der Waals surface area contributed by atoms with Crippen molar-refractivity contribution in [3.8, 4) is 0 Å². The molecule has 0 radical (unpaired) electrons. The fourth-order valence-electron chi connectivity index (χ4n) is 5.08. The Kier molecular flexibility index (Phi) is 11.1. The average molecular weight is 546 g/mol. The molecule has 2 amide bonds. The summed E-state index contributed by atoms with van der Waals surface area (Å²) in [5.41, 5.74) is 1.03. The van der Waals surface area contributed by atoms with E-state index in [9.17, 15) is 22.4 Å². The lowest BCUT2D eigenvalue weighted by atomic mass is 9.95. The van der Waals surface area contributed by atoms with Crippen LogP contribution >= 0.6 is 0 Å². The summed E-state index contributed by atoms with van der Waals surface area (Å²) in [6, 6.07) is 15.0. The third-order valence-electron chi connectivity index (χ3n) is 7.10. The largest absolute Gasteiger partial charge is 0.352 e. The van der Waals surface area contributed by atoms with Crippen LogP contribution in [0.4, 0.5) is 10.1 Å². The normalized spacial score (nSPS) is 15.0. The van der Waals surface area contributed by atoms with Crippen LogP contribution in [0.25, 0.3) is 0 Å². The molecule has 0 bridgehead atoms. The van der Waals surface area contributed by atoms with Gasteiger partial charge in [-0.15, -0.1) is 0 Å². The van der Waals surface area contributed by atoms with Crippen molar-refractivity contribution < 1.29 is 22.4 Å². The second-order valence-corrected chi connectivity index (χ2v) is 11.9. The van der Waals surface area contributed by atoms with Gasteiger partial charge in [-0.1, -0.05) is 68.7 Å². The molecular formula is C29H40FN3O4S. The zero-order chi connectivity index (χ0) is 27.5. The van der Waals surface area contributed by atoms with Gasteiger partial charge in [-0.25, -0.2) is 12.8 Å². The summed E-state index contributed by atoms with van der Waals surface area (Å²) in [4.78, 5) is 28.4. The van der Waals surface area contributed by atoms with E-state index in [4.69, 9.17) is 0 Å². The number of anilines is 1. The van der Waals surface area contributed by atoms with E-state index in [2.05, 4.69) is 5.32 Å². The van der Waals surface area contributed by atoms with Crippen LogP contribution in [0.1, 0.15) is 63.9 Å². The van der Waals surface area contributed by atoms with Crippen molar-refractivity contribution in [2.75, 3.05) is 23.7 Å². The number of halogens is 1. The lowest BCUT2D eigenvalue weighted by Crippen LogP contribution is -2.52. The van der Waals surface area contributed by atoms with Crippen molar-refractivity contribution >= 4 is 27.5 Å². The van der Waals surface area contributed by atoms with Crippen LogP contribution in [-0.4, -0.2) is 56.6 Å². The summed E-state index contributed by atoms with van der Waals surface area (Å²) < 4.78 is 40.1. The first kappa shape index (κ1) is 29.6. The van der Waals surface area contributed by atoms with E-state index < -0.39 is 21.9 Å². The molecule has 0 heterocycles. The maximum atomic E-state index is 14.4. The molecule has 0 aliphatic heterocycles. The average Bonchev–Trinajstić information content (AvgIpc) is 2.90. The molecule has 2 aromatic rings. The minimum atomic E-state index is -3.75. The van der Waals surface area contributed by atoms with Crippen molar-refractivity contribution in [3.63, 3.8) is 0 Å². The second-order valence-electron chi connectivity index (χ2n) is 9.98. The van der Waals surface area contributed by atoms with Crippen LogP contribution in [0.15, 0.2) is 54.6 Å². The number of hydrogen-bond acceptors (Lipinski definition) is 4. The first-order valence-electron chi connectivity index (χ1n) is 13.6. The molecule has 208 valence electrons. The van der Waals surface area contributed by atoms with Crippen molar-refractivity contribution in [2.45, 2.75) is 76.8 Å².